The van der Waals surface area contributed by atoms with E-state index in [2.05, 4.69) is 32.9 Å². The lowest BCUT2D eigenvalue weighted by molar-refractivity contribution is 0.299. The van der Waals surface area contributed by atoms with Gasteiger partial charge >= 0.3 is 0 Å². The van der Waals surface area contributed by atoms with Crippen molar-refractivity contribution < 1.29 is 9.47 Å². The highest BCUT2D eigenvalue weighted by molar-refractivity contribution is 7.80. The van der Waals surface area contributed by atoms with E-state index in [0.29, 0.717) is 28.9 Å². The summed E-state index contributed by atoms with van der Waals surface area (Å²) in [6.07, 6.45) is 1.70. The molecule has 0 unspecified atom stereocenters. The van der Waals surface area contributed by atoms with Crippen LogP contribution in [0.2, 0.25) is 5.02 Å². The fraction of sp³-hybridized carbons (Fsp3) is 0.350. The molecule has 0 N–H and O–H groups in total. The number of halogens is 1. The van der Waals surface area contributed by atoms with Crippen LogP contribution < -0.4 is 9.47 Å². The van der Waals surface area contributed by atoms with Crippen molar-refractivity contribution in [2.24, 2.45) is 0 Å². The maximum Gasteiger partial charge on any atom is 0.167 e. The van der Waals surface area contributed by atoms with Crippen LogP contribution in [0.25, 0.3) is 0 Å². The highest BCUT2D eigenvalue weighted by Crippen LogP contribution is 2.30. The van der Waals surface area contributed by atoms with Crippen LogP contribution in [0, 0.1) is 13.8 Å². The van der Waals surface area contributed by atoms with Gasteiger partial charge in [-0.2, -0.15) is 0 Å². The summed E-state index contributed by atoms with van der Waals surface area (Å²) in [5, 5.41) is 1.16. The second kappa shape index (κ2) is 8.50. The van der Waals surface area contributed by atoms with Gasteiger partial charge in [-0.15, -0.1) is 0 Å². The maximum atomic E-state index is 6.34. The average molecular weight is 363 g/mol. The summed E-state index contributed by atoms with van der Waals surface area (Å²) in [5.74, 6) is 1.53. The molecular formula is C20H23ClO2S. The number of hydrogen-bond donors (Lipinski definition) is 0. The van der Waals surface area contributed by atoms with Crippen molar-refractivity contribution >= 4 is 28.9 Å². The van der Waals surface area contributed by atoms with E-state index < -0.39 is 0 Å². The Kier molecular flexibility index (Phi) is 6.64. The van der Waals surface area contributed by atoms with Gasteiger partial charge in [-0.3, -0.25) is 0 Å². The molecule has 0 heterocycles. The normalized spacial score (nSPS) is 10.5. The minimum Gasteiger partial charge on any atom is -0.488 e. The van der Waals surface area contributed by atoms with Crippen LogP contribution >= 0.6 is 23.8 Å². The predicted octanol–water partition coefficient (Wildman–Crippen LogP) is 6.21. The molecule has 0 bridgehead atoms. The molecule has 0 atom stereocenters. The third-order valence-corrected chi connectivity index (χ3v) is 4.70. The second-order valence-electron chi connectivity index (χ2n) is 5.73. The van der Waals surface area contributed by atoms with Crippen LogP contribution in [-0.2, 0) is 13.0 Å². The van der Waals surface area contributed by atoms with Gasteiger partial charge < -0.3 is 9.47 Å². The molecule has 2 aromatic carbocycles. The predicted molar refractivity (Wildman–Crippen MR) is 105 cm³/mol. The third kappa shape index (κ3) is 4.49. The molecule has 2 rings (SSSR count). The fourth-order valence-corrected chi connectivity index (χ4v) is 2.82. The Bertz CT molecular complexity index is 741. The molecule has 0 aliphatic carbocycles. The zero-order chi connectivity index (χ0) is 17.7. The van der Waals surface area contributed by atoms with E-state index in [1.54, 1.807) is 0 Å². The molecule has 0 amide bonds. The average Bonchev–Trinajstić information content (AvgIpc) is 2.56. The summed E-state index contributed by atoms with van der Waals surface area (Å²) in [7, 11) is 0. The molecule has 2 nitrogen and oxygen atoms in total. The summed E-state index contributed by atoms with van der Waals surface area (Å²) in [6, 6.07) is 9.82. The molecule has 24 heavy (non-hydrogen) atoms. The Labute approximate surface area is 154 Å². The van der Waals surface area contributed by atoms with Gasteiger partial charge in [0.15, 0.2) is 5.05 Å². The van der Waals surface area contributed by atoms with Gasteiger partial charge in [0.2, 0.25) is 0 Å². The first kappa shape index (κ1) is 18.8. The lowest BCUT2D eigenvalue weighted by atomic mass is 10.0. The molecule has 0 aliphatic rings. The van der Waals surface area contributed by atoms with E-state index in [0.717, 1.165) is 23.3 Å². The first-order valence-electron chi connectivity index (χ1n) is 8.17. The van der Waals surface area contributed by atoms with Crippen LogP contribution in [0.3, 0.4) is 0 Å². The van der Waals surface area contributed by atoms with Crippen molar-refractivity contribution in [2.45, 2.75) is 47.1 Å². The Hall–Kier alpha value is -1.58. The first-order chi connectivity index (χ1) is 11.5. The molecule has 0 fully saturated rings. The summed E-state index contributed by atoms with van der Waals surface area (Å²) < 4.78 is 11.8. The highest BCUT2D eigenvalue weighted by atomic mass is 35.5. The fourth-order valence-electron chi connectivity index (χ4n) is 2.51. The minimum atomic E-state index is 0.340. The van der Waals surface area contributed by atoms with Crippen LogP contribution in [0.1, 0.15) is 42.5 Å². The number of hydrogen-bond acceptors (Lipinski definition) is 3. The van der Waals surface area contributed by atoms with E-state index in [1.165, 1.54) is 11.1 Å². The van der Waals surface area contributed by atoms with Crippen LogP contribution in [-0.4, -0.2) is 5.05 Å². The standard InChI is InChI=1S/C20H23ClO2S/c1-5-15-10-14(4)19(11-13(15)3)22-12-16-17(21)8-7-9-18(16)23-20(24)6-2/h7-11H,5-6,12H2,1-4H3. The Morgan fingerprint density at radius 2 is 1.83 bits per heavy atom. The van der Waals surface area contributed by atoms with E-state index in [9.17, 15) is 0 Å². The number of ether oxygens (including phenoxy) is 2. The molecule has 2 aromatic rings. The highest BCUT2D eigenvalue weighted by Gasteiger charge is 2.12. The topological polar surface area (TPSA) is 18.5 Å². The van der Waals surface area contributed by atoms with Gasteiger partial charge in [-0.05, 0) is 67.4 Å². The molecule has 0 aromatic heterocycles. The molecule has 0 saturated heterocycles. The van der Waals surface area contributed by atoms with Crippen LogP contribution in [0.4, 0.5) is 0 Å². The lowest BCUT2D eigenvalue weighted by Crippen LogP contribution is -2.07. The molecule has 4 heteroatoms. The largest absolute Gasteiger partial charge is 0.488 e. The minimum absolute atomic E-state index is 0.340. The summed E-state index contributed by atoms with van der Waals surface area (Å²) in [5.41, 5.74) is 4.51. The van der Waals surface area contributed by atoms with E-state index >= 15 is 0 Å². The SMILES string of the molecule is CCC(=S)Oc1cccc(Cl)c1COc1cc(C)c(CC)cc1C. The second-order valence-corrected chi connectivity index (χ2v) is 6.59. The van der Waals surface area contributed by atoms with Crippen molar-refractivity contribution in [3.63, 3.8) is 0 Å². The van der Waals surface area contributed by atoms with Gasteiger partial charge in [0.05, 0.1) is 10.6 Å². The van der Waals surface area contributed by atoms with Crippen molar-refractivity contribution in [1.29, 1.82) is 0 Å². The molecule has 0 aliphatic heterocycles. The van der Waals surface area contributed by atoms with Crippen molar-refractivity contribution in [2.75, 3.05) is 0 Å². The summed E-state index contributed by atoms with van der Waals surface area (Å²) >= 11 is 11.5. The van der Waals surface area contributed by atoms with E-state index in [4.69, 9.17) is 33.3 Å². The zero-order valence-corrected chi connectivity index (χ0v) is 16.2. The number of rotatable bonds is 6. The molecular weight excluding hydrogens is 340 g/mol. The number of thiocarbonyl (C=S) groups is 1. The van der Waals surface area contributed by atoms with Gasteiger partial charge in [-0.1, -0.05) is 37.6 Å². The van der Waals surface area contributed by atoms with Crippen LogP contribution in [0.15, 0.2) is 30.3 Å². The smallest absolute Gasteiger partial charge is 0.167 e. The van der Waals surface area contributed by atoms with E-state index in [-0.39, 0.29) is 0 Å². The Morgan fingerprint density at radius 1 is 1.08 bits per heavy atom. The van der Waals surface area contributed by atoms with Crippen molar-refractivity contribution in [3.05, 3.63) is 57.6 Å². The van der Waals surface area contributed by atoms with E-state index in [1.807, 2.05) is 25.1 Å². The van der Waals surface area contributed by atoms with Gasteiger partial charge in [-0.25, -0.2) is 0 Å². The van der Waals surface area contributed by atoms with Crippen LogP contribution in [0.5, 0.6) is 11.5 Å². The first-order valence-corrected chi connectivity index (χ1v) is 8.95. The van der Waals surface area contributed by atoms with Crippen molar-refractivity contribution in [3.8, 4) is 11.5 Å². The molecule has 128 valence electrons. The van der Waals surface area contributed by atoms with Gasteiger partial charge in [0.25, 0.3) is 0 Å². The number of aryl methyl sites for hydroxylation is 3. The molecule has 0 saturated carbocycles. The molecule has 0 spiro atoms. The lowest BCUT2D eigenvalue weighted by Gasteiger charge is -2.16. The maximum absolute atomic E-state index is 6.34. The molecule has 0 radical (unpaired) electrons. The van der Waals surface area contributed by atoms with Gasteiger partial charge in [0.1, 0.15) is 18.1 Å². The number of benzene rings is 2. The Morgan fingerprint density at radius 3 is 2.50 bits per heavy atom. The Balaban J connectivity index is 2.23. The van der Waals surface area contributed by atoms with Crippen molar-refractivity contribution in [1.82, 2.24) is 0 Å². The zero-order valence-electron chi connectivity index (χ0n) is 14.6. The summed E-state index contributed by atoms with van der Waals surface area (Å²) in [4.78, 5) is 0. The van der Waals surface area contributed by atoms with Gasteiger partial charge in [0, 0.05) is 6.42 Å². The quantitative estimate of drug-likeness (QED) is 0.569. The monoisotopic (exact) mass is 362 g/mol. The third-order valence-electron chi connectivity index (χ3n) is 3.97. The summed E-state index contributed by atoms with van der Waals surface area (Å²) in [6.45, 7) is 8.63.